The fourth-order valence-electron chi connectivity index (χ4n) is 5.68. The maximum atomic E-state index is 14.4. The minimum atomic E-state index is -4.01. The molecule has 222 valence electrons. The average molecular weight is 594 g/mol. The van der Waals surface area contributed by atoms with Crippen molar-refractivity contribution in [2.24, 2.45) is 13.0 Å². The van der Waals surface area contributed by atoms with E-state index >= 15 is 0 Å². The fourth-order valence-corrected chi connectivity index (χ4v) is 6.90. The number of rotatable bonds is 6. The smallest absolute Gasteiger partial charge is 0.271 e. The van der Waals surface area contributed by atoms with E-state index in [4.69, 9.17) is 4.74 Å². The molecule has 0 fully saturated rings. The number of sulfonamides is 1. The first kappa shape index (κ1) is 29.9. The number of halogens is 1. The Kier molecular flexibility index (Phi) is 8.52. The third-order valence-electron chi connectivity index (χ3n) is 8.17. The van der Waals surface area contributed by atoms with Crippen molar-refractivity contribution in [1.82, 2.24) is 13.8 Å². The van der Waals surface area contributed by atoms with E-state index in [0.29, 0.717) is 5.69 Å². The number of benzene rings is 3. The van der Waals surface area contributed by atoms with Gasteiger partial charge in [0.25, 0.3) is 5.91 Å². The van der Waals surface area contributed by atoms with Crippen molar-refractivity contribution in [2.45, 2.75) is 37.5 Å². The van der Waals surface area contributed by atoms with Crippen molar-refractivity contribution in [1.29, 1.82) is 0 Å². The Balaban J connectivity index is 1.61. The van der Waals surface area contributed by atoms with Gasteiger partial charge in [0.1, 0.15) is 11.5 Å². The number of likely N-dealkylation sites (N-methyl/N-ethyl adjacent to an activating group) is 1. The highest BCUT2D eigenvalue weighted by Gasteiger charge is 2.35. The number of carbonyl (C=O) groups excluding carboxylic acids is 1. The first-order chi connectivity index (χ1) is 20.0. The van der Waals surface area contributed by atoms with Gasteiger partial charge in [-0.2, -0.15) is 4.31 Å². The van der Waals surface area contributed by atoms with Gasteiger partial charge >= 0.3 is 0 Å². The Labute approximate surface area is 246 Å². The lowest BCUT2D eigenvalue weighted by molar-refractivity contribution is -0.0147. The van der Waals surface area contributed by atoms with Crippen molar-refractivity contribution in [2.75, 3.05) is 26.7 Å². The number of carbonyl (C=O) groups is 1. The Morgan fingerprint density at radius 3 is 2.55 bits per heavy atom. The zero-order chi connectivity index (χ0) is 30.2. The lowest BCUT2D eigenvalue weighted by Crippen LogP contribution is -2.48. The largest absolute Gasteiger partial charge is 0.394 e. The van der Waals surface area contributed by atoms with Gasteiger partial charge in [-0.1, -0.05) is 55.5 Å². The SMILES string of the molecule is C[C@@H]1CN([C@H](C)CO)C(=O)c2c(c3ccccc3n2C)-c2ccccc2CO[C@@H]1CN(C)S(=O)(=O)c1cccc(F)c1. The summed E-state index contributed by atoms with van der Waals surface area (Å²) in [6, 6.07) is 20.0. The monoisotopic (exact) mass is 593 g/mol. The minimum absolute atomic E-state index is 0.0202. The summed E-state index contributed by atoms with van der Waals surface area (Å²) in [5.41, 5.74) is 3.93. The second kappa shape index (κ2) is 12.0. The molecule has 1 aromatic heterocycles. The van der Waals surface area contributed by atoms with Gasteiger partial charge in [0.05, 0.1) is 30.3 Å². The van der Waals surface area contributed by atoms with Crippen LogP contribution < -0.4 is 0 Å². The number of aryl methyl sites for hydroxylation is 1. The molecular formula is C32H36FN3O5S. The van der Waals surface area contributed by atoms with Gasteiger partial charge in [0.2, 0.25) is 10.0 Å². The van der Waals surface area contributed by atoms with Crippen LogP contribution in [0.4, 0.5) is 4.39 Å². The molecule has 10 heteroatoms. The standard InChI is InChI=1S/C32H36FN3O5S/c1-21-17-36(22(2)19-37)32(38)31-30(27-14-7-8-15-28(27)35(31)4)26-13-6-5-10-23(26)20-41-29(21)18-34(3)42(39,40)25-12-9-11-24(33)16-25/h5-16,21-22,29,37H,17-20H2,1-4H3/t21-,22-,29-/m1/s1. The lowest BCUT2D eigenvalue weighted by Gasteiger charge is -2.35. The number of amides is 1. The van der Waals surface area contributed by atoms with Crippen molar-refractivity contribution in [3.05, 3.63) is 89.9 Å². The van der Waals surface area contributed by atoms with Crippen molar-refractivity contribution >= 4 is 26.8 Å². The first-order valence-corrected chi connectivity index (χ1v) is 15.4. The van der Waals surface area contributed by atoms with Crippen LogP contribution in [-0.2, 0) is 28.4 Å². The number of hydrogen-bond donors (Lipinski definition) is 1. The molecule has 0 aliphatic carbocycles. The van der Waals surface area contributed by atoms with E-state index in [-0.39, 0.29) is 43.0 Å². The summed E-state index contributed by atoms with van der Waals surface area (Å²) in [7, 11) is -0.696. The van der Waals surface area contributed by atoms with E-state index in [9.17, 15) is 22.7 Å². The molecule has 0 bridgehead atoms. The van der Waals surface area contributed by atoms with Crippen molar-refractivity contribution in [3.8, 4) is 11.1 Å². The van der Waals surface area contributed by atoms with Gasteiger partial charge in [-0.25, -0.2) is 12.8 Å². The van der Waals surface area contributed by atoms with Gasteiger partial charge in [-0.15, -0.1) is 0 Å². The zero-order valence-electron chi connectivity index (χ0n) is 24.2. The second-order valence-electron chi connectivity index (χ2n) is 11.0. The van der Waals surface area contributed by atoms with Crippen LogP contribution in [0.1, 0.15) is 29.9 Å². The number of aromatic nitrogens is 1. The molecule has 5 rings (SSSR count). The van der Waals surface area contributed by atoms with Crippen LogP contribution in [0.2, 0.25) is 0 Å². The maximum absolute atomic E-state index is 14.4. The van der Waals surface area contributed by atoms with E-state index in [2.05, 4.69) is 0 Å². The Morgan fingerprint density at radius 2 is 1.81 bits per heavy atom. The maximum Gasteiger partial charge on any atom is 0.271 e. The second-order valence-corrected chi connectivity index (χ2v) is 13.1. The third-order valence-corrected chi connectivity index (χ3v) is 9.99. The van der Waals surface area contributed by atoms with Crippen LogP contribution >= 0.6 is 0 Å². The molecule has 2 heterocycles. The van der Waals surface area contributed by atoms with Crippen molar-refractivity contribution in [3.63, 3.8) is 0 Å². The zero-order valence-corrected chi connectivity index (χ0v) is 25.0. The molecule has 0 spiro atoms. The predicted molar refractivity (Wildman–Crippen MR) is 160 cm³/mol. The van der Waals surface area contributed by atoms with Gasteiger partial charge in [-0.05, 0) is 42.3 Å². The van der Waals surface area contributed by atoms with Gasteiger partial charge in [0.15, 0.2) is 0 Å². The normalized spacial score (nSPS) is 18.9. The summed E-state index contributed by atoms with van der Waals surface area (Å²) in [6.45, 7) is 3.84. The minimum Gasteiger partial charge on any atom is -0.394 e. The molecular weight excluding hydrogens is 557 g/mol. The molecule has 0 radical (unpaired) electrons. The van der Waals surface area contributed by atoms with E-state index in [1.807, 2.05) is 67.1 Å². The van der Waals surface area contributed by atoms with Crippen LogP contribution in [0.25, 0.3) is 22.0 Å². The molecule has 1 aliphatic heterocycles. The Hall–Kier alpha value is -3.57. The molecule has 42 heavy (non-hydrogen) atoms. The van der Waals surface area contributed by atoms with E-state index < -0.39 is 28.0 Å². The van der Waals surface area contributed by atoms with Crippen LogP contribution in [-0.4, -0.2) is 72.1 Å². The summed E-state index contributed by atoms with van der Waals surface area (Å²) in [5.74, 6) is -1.19. The molecule has 4 aromatic rings. The van der Waals surface area contributed by atoms with E-state index in [1.165, 1.54) is 29.6 Å². The first-order valence-electron chi connectivity index (χ1n) is 14.0. The number of aliphatic hydroxyl groups excluding tert-OH is 1. The highest BCUT2D eigenvalue weighted by atomic mass is 32.2. The lowest BCUT2D eigenvalue weighted by atomic mass is 9.96. The van der Waals surface area contributed by atoms with Gasteiger partial charge in [-0.3, -0.25) is 4.79 Å². The molecule has 0 saturated carbocycles. The van der Waals surface area contributed by atoms with Gasteiger partial charge in [0, 0.05) is 49.6 Å². The van der Waals surface area contributed by atoms with Crippen LogP contribution in [0.15, 0.2) is 77.7 Å². The summed E-state index contributed by atoms with van der Waals surface area (Å²) < 4.78 is 50.1. The average Bonchev–Trinajstić information content (AvgIpc) is 3.28. The summed E-state index contributed by atoms with van der Waals surface area (Å²) in [6.07, 6.45) is -0.620. The molecule has 1 amide bonds. The third kappa shape index (κ3) is 5.47. The topological polar surface area (TPSA) is 92.1 Å². The summed E-state index contributed by atoms with van der Waals surface area (Å²) in [4.78, 5) is 15.9. The highest BCUT2D eigenvalue weighted by Crippen LogP contribution is 2.38. The number of para-hydroxylation sites is 1. The van der Waals surface area contributed by atoms with E-state index in [1.54, 1.807) is 11.8 Å². The number of hydrogen-bond acceptors (Lipinski definition) is 5. The van der Waals surface area contributed by atoms with Crippen LogP contribution in [0.5, 0.6) is 0 Å². The molecule has 1 aliphatic rings. The molecule has 3 atom stereocenters. The Bertz CT molecular complexity index is 1720. The fraction of sp³-hybridized carbons (Fsp3) is 0.344. The number of fused-ring (bicyclic) bond motifs is 5. The highest BCUT2D eigenvalue weighted by molar-refractivity contribution is 7.89. The quantitative estimate of drug-likeness (QED) is 0.351. The van der Waals surface area contributed by atoms with Crippen LogP contribution in [0.3, 0.4) is 0 Å². The number of nitrogens with zero attached hydrogens (tertiary/aromatic N) is 3. The van der Waals surface area contributed by atoms with Crippen LogP contribution in [0, 0.1) is 11.7 Å². The molecule has 8 nitrogen and oxygen atoms in total. The summed E-state index contributed by atoms with van der Waals surface area (Å²) in [5, 5.41) is 11.1. The van der Waals surface area contributed by atoms with E-state index in [0.717, 1.165) is 33.7 Å². The Morgan fingerprint density at radius 1 is 1.10 bits per heavy atom. The molecule has 0 saturated heterocycles. The molecule has 3 aromatic carbocycles. The number of ether oxygens (including phenoxy) is 1. The van der Waals surface area contributed by atoms with Gasteiger partial charge < -0.3 is 19.3 Å². The summed E-state index contributed by atoms with van der Waals surface area (Å²) >= 11 is 0. The molecule has 0 unspecified atom stereocenters. The molecule has 1 N–H and O–H groups in total. The predicted octanol–water partition coefficient (Wildman–Crippen LogP) is 4.66. The van der Waals surface area contributed by atoms with Crippen molar-refractivity contribution < 1.29 is 27.4 Å². The number of aliphatic hydroxyl groups is 1.